The van der Waals surface area contributed by atoms with Gasteiger partial charge in [-0.2, -0.15) is 0 Å². The fourth-order valence-corrected chi connectivity index (χ4v) is 8.01. The zero-order valence-electron chi connectivity index (χ0n) is 18.1. The second-order valence-corrected chi connectivity index (χ2v) is 10.9. The quantitative estimate of drug-likeness (QED) is 0.770. The van der Waals surface area contributed by atoms with E-state index < -0.39 is 11.8 Å². The second-order valence-electron chi connectivity index (χ2n) is 10.9. The molecule has 4 aliphatic carbocycles. The Morgan fingerprint density at radius 1 is 1.14 bits per heavy atom. The molecule has 7 atom stereocenters. The van der Waals surface area contributed by atoms with Gasteiger partial charge in [0.25, 0.3) is 0 Å². The van der Waals surface area contributed by atoms with E-state index in [1.807, 2.05) is 18.0 Å². The van der Waals surface area contributed by atoms with Gasteiger partial charge < -0.3 is 9.84 Å². The Morgan fingerprint density at radius 3 is 2.62 bits per heavy atom. The summed E-state index contributed by atoms with van der Waals surface area (Å²) in [6.45, 7) is 5.84. The first-order valence-corrected chi connectivity index (χ1v) is 11.5. The molecule has 5 rings (SSSR count). The third-order valence-electron chi connectivity index (χ3n) is 9.87. The van der Waals surface area contributed by atoms with E-state index in [1.165, 1.54) is 5.57 Å². The number of Topliss-reactive ketones (excluding diaryl/α,β-unsaturated/α-hetero) is 1. The molecule has 1 N–H and O–H groups in total. The van der Waals surface area contributed by atoms with Crippen molar-refractivity contribution in [2.75, 3.05) is 20.2 Å². The van der Waals surface area contributed by atoms with Crippen molar-refractivity contribution < 1.29 is 19.4 Å². The van der Waals surface area contributed by atoms with E-state index in [4.69, 9.17) is 4.74 Å². The summed E-state index contributed by atoms with van der Waals surface area (Å²) in [5.74, 6) is 1.65. The molecule has 4 fully saturated rings. The summed E-state index contributed by atoms with van der Waals surface area (Å²) in [5, 5.41) is 11.8. The van der Waals surface area contributed by atoms with Crippen molar-refractivity contribution in [1.29, 1.82) is 0 Å². The summed E-state index contributed by atoms with van der Waals surface area (Å²) in [5.41, 5.74) is -0.174. The van der Waals surface area contributed by atoms with Gasteiger partial charge in [0.05, 0.1) is 6.61 Å². The number of carbonyl (C=O) groups is 2. The van der Waals surface area contributed by atoms with Crippen LogP contribution < -0.4 is 0 Å². The van der Waals surface area contributed by atoms with Crippen LogP contribution in [0.5, 0.6) is 0 Å². The number of hydrogen-bond donors (Lipinski definition) is 1. The first-order chi connectivity index (χ1) is 13.7. The van der Waals surface area contributed by atoms with Gasteiger partial charge >= 0.3 is 0 Å². The monoisotopic (exact) mass is 401 g/mol. The number of likely N-dealkylation sites (N-methyl/N-ethyl adjacent to an activating group) is 1. The summed E-state index contributed by atoms with van der Waals surface area (Å²) in [6.07, 6.45) is 8.45. The molecular formula is C24H35NO4. The highest BCUT2D eigenvalue weighted by molar-refractivity contribution is 5.92. The summed E-state index contributed by atoms with van der Waals surface area (Å²) in [6, 6.07) is 0. The number of ether oxygens (including phenoxy) is 1. The van der Waals surface area contributed by atoms with Gasteiger partial charge in [-0.15, -0.1) is 0 Å². The van der Waals surface area contributed by atoms with E-state index in [1.54, 1.807) is 0 Å². The van der Waals surface area contributed by atoms with Crippen LogP contribution in [0.1, 0.15) is 65.2 Å². The minimum absolute atomic E-state index is 0.119. The van der Waals surface area contributed by atoms with Crippen molar-refractivity contribution in [3.63, 3.8) is 0 Å². The van der Waals surface area contributed by atoms with Crippen molar-refractivity contribution in [2.45, 2.75) is 77.0 Å². The molecule has 0 radical (unpaired) electrons. The standard InChI is InChI=1S/C24H35NO4/c1-22-9-6-16(26)14-15(22)4-5-17-18(22)7-10-23(2)19(17)8-11-24(23,28)20(27)21-25(3)12-13-29-21/h14,17-19,21,28H,4-13H2,1-3H3/t17-,18+,19+,21?,22+,23+,24+/m1/s1. The van der Waals surface area contributed by atoms with Crippen LogP contribution in [0.15, 0.2) is 11.6 Å². The molecule has 1 unspecified atom stereocenters. The van der Waals surface area contributed by atoms with Crippen molar-refractivity contribution in [3.8, 4) is 0 Å². The number of allylic oxidation sites excluding steroid dienone is 1. The summed E-state index contributed by atoms with van der Waals surface area (Å²) >= 11 is 0. The van der Waals surface area contributed by atoms with E-state index in [0.29, 0.717) is 37.2 Å². The number of aliphatic hydroxyl groups is 1. The Balaban J connectivity index is 1.45. The smallest absolute Gasteiger partial charge is 0.208 e. The minimum atomic E-state index is -1.29. The predicted octanol–water partition coefficient (Wildman–Crippen LogP) is 3.11. The lowest BCUT2D eigenvalue weighted by atomic mass is 9.46. The molecular weight excluding hydrogens is 366 g/mol. The Kier molecular flexibility index (Phi) is 4.44. The summed E-state index contributed by atoms with van der Waals surface area (Å²) in [4.78, 5) is 27.4. The van der Waals surface area contributed by atoms with E-state index in [9.17, 15) is 14.7 Å². The van der Waals surface area contributed by atoms with Crippen LogP contribution >= 0.6 is 0 Å². The molecule has 5 nitrogen and oxygen atoms in total. The molecule has 1 saturated heterocycles. The van der Waals surface area contributed by atoms with Crippen LogP contribution in [0.2, 0.25) is 0 Å². The van der Waals surface area contributed by atoms with Crippen LogP contribution in [0, 0.1) is 28.6 Å². The van der Waals surface area contributed by atoms with Gasteiger partial charge in [0.2, 0.25) is 5.78 Å². The second kappa shape index (κ2) is 6.48. The van der Waals surface area contributed by atoms with Gasteiger partial charge in [-0.3, -0.25) is 14.5 Å². The van der Waals surface area contributed by atoms with Crippen molar-refractivity contribution >= 4 is 11.6 Å². The third kappa shape index (κ3) is 2.56. The number of rotatable bonds is 2. The van der Waals surface area contributed by atoms with Gasteiger partial charge in [0, 0.05) is 18.4 Å². The molecule has 0 aromatic rings. The Morgan fingerprint density at radius 2 is 1.90 bits per heavy atom. The fraction of sp³-hybridized carbons (Fsp3) is 0.833. The van der Waals surface area contributed by atoms with E-state index in [2.05, 4.69) is 13.8 Å². The zero-order valence-corrected chi connectivity index (χ0v) is 18.1. The average Bonchev–Trinajstić information content (AvgIpc) is 3.23. The molecule has 1 aliphatic heterocycles. The first-order valence-electron chi connectivity index (χ1n) is 11.5. The molecule has 3 saturated carbocycles. The molecule has 29 heavy (non-hydrogen) atoms. The van der Waals surface area contributed by atoms with Gasteiger partial charge in [0.15, 0.2) is 12.0 Å². The van der Waals surface area contributed by atoms with Crippen LogP contribution in [0.3, 0.4) is 0 Å². The number of ketones is 2. The van der Waals surface area contributed by atoms with E-state index in [0.717, 1.165) is 45.1 Å². The van der Waals surface area contributed by atoms with Crippen LogP contribution in [-0.4, -0.2) is 53.6 Å². The van der Waals surface area contributed by atoms with Crippen molar-refractivity contribution in [1.82, 2.24) is 4.90 Å². The molecule has 5 aliphatic rings. The summed E-state index contributed by atoms with van der Waals surface area (Å²) in [7, 11) is 1.91. The zero-order chi connectivity index (χ0) is 20.6. The Hall–Kier alpha value is -1.04. The first kappa shape index (κ1) is 19.9. The average molecular weight is 402 g/mol. The number of nitrogens with zero attached hydrogens (tertiary/aromatic N) is 1. The lowest BCUT2D eigenvalue weighted by Crippen LogP contribution is -2.60. The molecule has 160 valence electrons. The normalized spacial score (nSPS) is 49.9. The molecule has 0 aromatic carbocycles. The third-order valence-corrected chi connectivity index (χ3v) is 9.87. The molecule has 5 heteroatoms. The number of fused-ring (bicyclic) bond motifs is 5. The maximum absolute atomic E-state index is 13.5. The topological polar surface area (TPSA) is 66.8 Å². The fourth-order valence-electron chi connectivity index (χ4n) is 8.01. The van der Waals surface area contributed by atoms with Crippen LogP contribution in [0.4, 0.5) is 0 Å². The maximum atomic E-state index is 13.5. The van der Waals surface area contributed by atoms with E-state index >= 15 is 0 Å². The lowest BCUT2D eigenvalue weighted by Gasteiger charge is -2.59. The molecule has 1 heterocycles. The number of hydrogen-bond acceptors (Lipinski definition) is 5. The maximum Gasteiger partial charge on any atom is 0.208 e. The molecule has 0 aromatic heterocycles. The molecule has 0 bridgehead atoms. The largest absolute Gasteiger partial charge is 0.381 e. The number of carbonyl (C=O) groups excluding carboxylic acids is 2. The highest BCUT2D eigenvalue weighted by Gasteiger charge is 2.67. The minimum Gasteiger partial charge on any atom is -0.381 e. The van der Waals surface area contributed by atoms with Gasteiger partial charge in [0.1, 0.15) is 5.60 Å². The van der Waals surface area contributed by atoms with Gasteiger partial charge in [-0.05, 0) is 81.2 Å². The highest BCUT2D eigenvalue weighted by Crippen LogP contribution is 2.67. The Bertz CT molecular complexity index is 777. The molecule has 0 amide bonds. The lowest BCUT2D eigenvalue weighted by molar-refractivity contribution is -0.175. The van der Waals surface area contributed by atoms with E-state index in [-0.39, 0.29) is 22.4 Å². The SMILES string of the molecule is CN1CCOC1C(=O)[C@@]1(O)CC[C@H]2[C@@H]3CCC4=CC(=O)CC[C@]4(C)[C@H]3CC[C@@]21C. The van der Waals surface area contributed by atoms with Crippen LogP contribution in [0.25, 0.3) is 0 Å². The Labute approximate surface area is 173 Å². The van der Waals surface area contributed by atoms with Crippen molar-refractivity contribution in [2.24, 2.45) is 28.6 Å². The van der Waals surface area contributed by atoms with Crippen molar-refractivity contribution in [3.05, 3.63) is 11.6 Å². The molecule has 0 spiro atoms. The van der Waals surface area contributed by atoms with Crippen LogP contribution in [-0.2, 0) is 14.3 Å². The highest BCUT2D eigenvalue weighted by atomic mass is 16.5. The van der Waals surface area contributed by atoms with Gasteiger partial charge in [-0.25, -0.2) is 0 Å². The predicted molar refractivity (Wildman–Crippen MR) is 109 cm³/mol. The summed E-state index contributed by atoms with van der Waals surface area (Å²) < 4.78 is 5.71. The van der Waals surface area contributed by atoms with Gasteiger partial charge in [-0.1, -0.05) is 19.4 Å².